The van der Waals surface area contributed by atoms with Crippen LogP contribution in [0.15, 0.2) is 36.5 Å². The first-order chi connectivity index (χ1) is 13.1. The van der Waals surface area contributed by atoms with E-state index in [1.165, 1.54) is 16.8 Å². The minimum absolute atomic E-state index is 0.256. The van der Waals surface area contributed by atoms with Crippen LogP contribution in [-0.2, 0) is 24.4 Å². The van der Waals surface area contributed by atoms with Crippen molar-refractivity contribution in [2.75, 3.05) is 13.1 Å². The number of rotatable bonds is 7. The zero-order chi connectivity index (χ0) is 19.2. The summed E-state index contributed by atoms with van der Waals surface area (Å²) in [5.41, 5.74) is 3.73. The summed E-state index contributed by atoms with van der Waals surface area (Å²) < 4.78 is 2.09. The molecule has 0 bridgehead atoms. The molecule has 0 radical (unpaired) electrons. The van der Waals surface area contributed by atoms with Gasteiger partial charge in [0.15, 0.2) is 0 Å². The summed E-state index contributed by atoms with van der Waals surface area (Å²) in [7, 11) is 0. The molecule has 1 atom stereocenters. The molecule has 0 aliphatic carbocycles. The molecule has 1 aromatic heterocycles. The zero-order valence-electron chi connectivity index (χ0n) is 16.9. The van der Waals surface area contributed by atoms with Gasteiger partial charge in [-0.05, 0) is 25.3 Å². The SMILES string of the molecule is CCCn1ncc(CN2CCC(=O)N(Cc3ccccc3)C(CC)C2)c1C. The fraction of sp³-hybridized carbons (Fsp3) is 0.545. The van der Waals surface area contributed by atoms with Crippen LogP contribution in [0.5, 0.6) is 0 Å². The van der Waals surface area contributed by atoms with E-state index in [0.29, 0.717) is 13.0 Å². The van der Waals surface area contributed by atoms with Crippen LogP contribution in [0.4, 0.5) is 0 Å². The van der Waals surface area contributed by atoms with Crippen molar-refractivity contribution in [3.8, 4) is 0 Å². The van der Waals surface area contributed by atoms with Gasteiger partial charge in [0, 0.05) is 56.4 Å². The zero-order valence-corrected chi connectivity index (χ0v) is 16.9. The minimum Gasteiger partial charge on any atom is -0.334 e. The first kappa shape index (κ1) is 19.6. The lowest BCUT2D eigenvalue weighted by molar-refractivity contribution is -0.133. The lowest BCUT2D eigenvalue weighted by Crippen LogP contribution is -2.42. The van der Waals surface area contributed by atoms with E-state index in [4.69, 9.17) is 0 Å². The van der Waals surface area contributed by atoms with Crippen LogP contribution in [0, 0.1) is 6.92 Å². The van der Waals surface area contributed by atoms with Crippen molar-refractivity contribution < 1.29 is 4.79 Å². The standard InChI is InChI=1S/C22H32N4O/c1-4-12-26-18(3)20(14-23-26)16-24-13-11-22(27)25(21(5-2)17-24)15-19-9-7-6-8-10-19/h6-10,14,21H,4-5,11-13,15-17H2,1-3H3. The fourth-order valence-corrected chi connectivity index (χ4v) is 3.90. The number of benzene rings is 1. The Labute approximate surface area is 163 Å². The van der Waals surface area contributed by atoms with E-state index in [2.05, 4.69) is 52.5 Å². The average Bonchev–Trinajstić information content (AvgIpc) is 2.94. The maximum atomic E-state index is 12.8. The van der Waals surface area contributed by atoms with Crippen molar-refractivity contribution >= 4 is 5.91 Å². The fourth-order valence-electron chi connectivity index (χ4n) is 3.90. The lowest BCUT2D eigenvalue weighted by atomic mass is 10.1. The number of amides is 1. The van der Waals surface area contributed by atoms with Gasteiger partial charge in [0.05, 0.1) is 6.20 Å². The summed E-state index contributed by atoms with van der Waals surface area (Å²) in [4.78, 5) is 17.3. The van der Waals surface area contributed by atoms with Crippen LogP contribution in [0.25, 0.3) is 0 Å². The lowest BCUT2D eigenvalue weighted by Gasteiger charge is -2.31. The Hall–Kier alpha value is -2.14. The smallest absolute Gasteiger partial charge is 0.224 e. The third kappa shape index (κ3) is 4.78. The molecular formula is C22H32N4O. The summed E-state index contributed by atoms with van der Waals surface area (Å²) in [6.07, 6.45) is 4.65. The Kier molecular flexibility index (Phi) is 6.67. The molecule has 5 nitrogen and oxygen atoms in total. The van der Waals surface area contributed by atoms with Crippen LogP contribution in [-0.4, -0.2) is 44.6 Å². The molecule has 146 valence electrons. The van der Waals surface area contributed by atoms with Crippen molar-refractivity contribution in [3.63, 3.8) is 0 Å². The first-order valence-electron chi connectivity index (χ1n) is 10.2. The van der Waals surface area contributed by atoms with Gasteiger partial charge in [0.25, 0.3) is 0 Å². The van der Waals surface area contributed by atoms with E-state index >= 15 is 0 Å². The number of aryl methyl sites for hydroxylation is 1. The highest BCUT2D eigenvalue weighted by Crippen LogP contribution is 2.20. The van der Waals surface area contributed by atoms with Crippen molar-refractivity contribution in [3.05, 3.63) is 53.3 Å². The van der Waals surface area contributed by atoms with Crippen LogP contribution in [0.2, 0.25) is 0 Å². The maximum absolute atomic E-state index is 12.8. The molecule has 1 saturated heterocycles. The van der Waals surface area contributed by atoms with Gasteiger partial charge in [0.2, 0.25) is 5.91 Å². The van der Waals surface area contributed by atoms with Crippen molar-refractivity contribution in [1.29, 1.82) is 0 Å². The Morgan fingerprint density at radius 1 is 1.15 bits per heavy atom. The third-order valence-corrected chi connectivity index (χ3v) is 5.57. The van der Waals surface area contributed by atoms with E-state index in [9.17, 15) is 4.79 Å². The Bertz CT molecular complexity index is 740. The van der Waals surface area contributed by atoms with E-state index in [-0.39, 0.29) is 11.9 Å². The van der Waals surface area contributed by atoms with Gasteiger partial charge in [-0.1, -0.05) is 44.2 Å². The molecule has 0 N–H and O–H groups in total. The van der Waals surface area contributed by atoms with Gasteiger partial charge in [-0.25, -0.2) is 0 Å². The highest BCUT2D eigenvalue weighted by atomic mass is 16.2. The van der Waals surface area contributed by atoms with E-state index in [1.807, 2.05) is 24.4 Å². The Morgan fingerprint density at radius 2 is 1.93 bits per heavy atom. The van der Waals surface area contributed by atoms with Crippen LogP contribution < -0.4 is 0 Å². The van der Waals surface area contributed by atoms with Crippen molar-refractivity contribution in [2.24, 2.45) is 0 Å². The topological polar surface area (TPSA) is 41.4 Å². The number of carbonyl (C=O) groups is 1. The van der Waals surface area contributed by atoms with Gasteiger partial charge in [-0.3, -0.25) is 14.4 Å². The molecule has 1 fully saturated rings. The van der Waals surface area contributed by atoms with Gasteiger partial charge in [-0.2, -0.15) is 5.10 Å². The van der Waals surface area contributed by atoms with Crippen LogP contribution in [0.3, 0.4) is 0 Å². The summed E-state index contributed by atoms with van der Waals surface area (Å²) in [5.74, 6) is 0.270. The second kappa shape index (κ2) is 9.18. The van der Waals surface area contributed by atoms with Gasteiger partial charge < -0.3 is 4.90 Å². The van der Waals surface area contributed by atoms with Crippen LogP contribution >= 0.6 is 0 Å². The van der Waals surface area contributed by atoms with Crippen molar-refractivity contribution in [2.45, 2.75) is 65.7 Å². The van der Waals surface area contributed by atoms with Gasteiger partial charge in [0.1, 0.15) is 0 Å². The van der Waals surface area contributed by atoms with E-state index < -0.39 is 0 Å². The number of nitrogens with zero attached hydrogens (tertiary/aromatic N) is 4. The molecule has 1 aromatic carbocycles. The Morgan fingerprint density at radius 3 is 2.63 bits per heavy atom. The predicted octanol–water partition coefficient (Wildman–Crippen LogP) is 3.61. The number of aromatic nitrogens is 2. The van der Waals surface area contributed by atoms with Gasteiger partial charge >= 0.3 is 0 Å². The second-order valence-electron chi connectivity index (χ2n) is 7.53. The van der Waals surface area contributed by atoms with E-state index in [1.54, 1.807) is 0 Å². The van der Waals surface area contributed by atoms with E-state index in [0.717, 1.165) is 39.0 Å². The number of carbonyl (C=O) groups excluding carboxylic acids is 1. The average molecular weight is 369 g/mol. The minimum atomic E-state index is 0.256. The highest BCUT2D eigenvalue weighted by molar-refractivity contribution is 5.77. The normalized spacial score (nSPS) is 18.7. The summed E-state index contributed by atoms with van der Waals surface area (Å²) >= 11 is 0. The molecule has 0 spiro atoms. The van der Waals surface area contributed by atoms with Crippen LogP contribution in [0.1, 0.15) is 49.9 Å². The molecule has 2 aromatic rings. The monoisotopic (exact) mass is 368 g/mol. The quantitative estimate of drug-likeness (QED) is 0.750. The van der Waals surface area contributed by atoms with Crippen molar-refractivity contribution in [1.82, 2.24) is 19.6 Å². The first-order valence-corrected chi connectivity index (χ1v) is 10.2. The molecule has 3 rings (SSSR count). The predicted molar refractivity (Wildman–Crippen MR) is 108 cm³/mol. The molecule has 0 saturated carbocycles. The summed E-state index contributed by atoms with van der Waals surface area (Å²) in [6, 6.07) is 10.6. The Balaban J connectivity index is 1.70. The molecule has 1 amide bonds. The molecule has 1 unspecified atom stereocenters. The number of hydrogen-bond acceptors (Lipinski definition) is 3. The molecular weight excluding hydrogens is 336 g/mol. The molecule has 5 heteroatoms. The third-order valence-electron chi connectivity index (χ3n) is 5.57. The maximum Gasteiger partial charge on any atom is 0.224 e. The summed E-state index contributed by atoms with van der Waals surface area (Å²) in [5, 5.41) is 4.53. The molecule has 27 heavy (non-hydrogen) atoms. The highest BCUT2D eigenvalue weighted by Gasteiger charge is 2.29. The molecule has 2 heterocycles. The molecule has 1 aliphatic heterocycles. The largest absolute Gasteiger partial charge is 0.334 e. The summed E-state index contributed by atoms with van der Waals surface area (Å²) in [6.45, 7) is 10.8. The number of hydrogen-bond donors (Lipinski definition) is 0. The van der Waals surface area contributed by atoms with Gasteiger partial charge in [-0.15, -0.1) is 0 Å². The second-order valence-corrected chi connectivity index (χ2v) is 7.53. The molecule has 1 aliphatic rings.